The maximum Gasteiger partial charge on any atom is 0.335 e. The molecule has 0 bridgehead atoms. The Hall–Kier alpha value is -2.10. The average molecular weight is 258 g/mol. The van der Waals surface area contributed by atoms with Crippen molar-refractivity contribution >= 4 is 5.97 Å². The van der Waals surface area contributed by atoms with E-state index in [0.29, 0.717) is 5.56 Å². The van der Waals surface area contributed by atoms with Crippen LogP contribution < -0.4 is 0 Å². The zero-order valence-corrected chi connectivity index (χ0v) is 11.5. The van der Waals surface area contributed by atoms with Crippen LogP contribution in [0, 0.1) is 13.8 Å². The number of aryl methyl sites for hydroxylation is 3. The lowest BCUT2D eigenvalue weighted by Gasteiger charge is -2.06. The largest absolute Gasteiger partial charge is 0.478 e. The summed E-state index contributed by atoms with van der Waals surface area (Å²) in [7, 11) is 0. The number of aromatic carboxylic acids is 1. The van der Waals surface area contributed by atoms with Crippen LogP contribution in [0.15, 0.2) is 24.4 Å². The van der Waals surface area contributed by atoms with E-state index in [0.717, 1.165) is 35.3 Å². The molecule has 0 saturated heterocycles. The van der Waals surface area contributed by atoms with Gasteiger partial charge in [-0.05, 0) is 43.5 Å². The van der Waals surface area contributed by atoms with Crippen molar-refractivity contribution < 1.29 is 9.90 Å². The number of carboxylic acid groups (broad SMARTS) is 1. The number of benzene rings is 1. The zero-order chi connectivity index (χ0) is 14.0. The van der Waals surface area contributed by atoms with E-state index in [1.54, 1.807) is 12.1 Å². The van der Waals surface area contributed by atoms with Gasteiger partial charge in [-0.3, -0.25) is 4.68 Å². The van der Waals surface area contributed by atoms with E-state index in [4.69, 9.17) is 5.11 Å². The summed E-state index contributed by atoms with van der Waals surface area (Å²) in [5, 5.41) is 13.5. The number of nitrogens with zero attached hydrogens (tertiary/aromatic N) is 2. The molecule has 0 spiro atoms. The molecular formula is C15H18N2O2. The molecule has 100 valence electrons. The molecule has 4 heteroatoms. The molecular weight excluding hydrogens is 240 g/mol. The summed E-state index contributed by atoms with van der Waals surface area (Å²) in [5.74, 6) is -0.903. The first-order chi connectivity index (χ1) is 9.02. The third kappa shape index (κ3) is 2.67. The van der Waals surface area contributed by atoms with Crippen molar-refractivity contribution in [2.45, 2.75) is 33.7 Å². The van der Waals surface area contributed by atoms with E-state index in [1.165, 1.54) is 0 Å². The van der Waals surface area contributed by atoms with Gasteiger partial charge in [0.05, 0.1) is 11.3 Å². The average Bonchev–Trinajstić information content (AvgIpc) is 2.71. The van der Waals surface area contributed by atoms with Crippen LogP contribution in [-0.4, -0.2) is 20.9 Å². The number of aromatic nitrogens is 2. The maximum atomic E-state index is 11.1. The van der Waals surface area contributed by atoms with E-state index in [1.807, 2.05) is 30.8 Å². The van der Waals surface area contributed by atoms with Gasteiger partial charge in [0.25, 0.3) is 0 Å². The van der Waals surface area contributed by atoms with E-state index in [9.17, 15) is 4.79 Å². The maximum absolute atomic E-state index is 11.1. The minimum Gasteiger partial charge on any atom is -0.478 e. The number of hydrogen-bond acceptors (Lipinski definition) is 2. The molecule has 0 unspecified atom stereocenters. The lowest BCUT2D eigenvalue weighted by atomic mass is 9.99. The zero-order valence-electron chi connectivity index (χ0n) is 11.5. The predicted molar refractivity (Wildman–Crippen MR) is 74.4 cm³/mol. The van der Waals surface area contributed by atoms with Crippen molar-refractivity contribution in [2.24, 2.45) is 0 Å². The summed E-state index contributed by atoms with van der Waals surface area (Å²) in [4.78, 5) is 11.1. The standard InChI is InChI=1S/C15H18N2O2/c1-4-7-17-9-14(11(3)16-17)13-8-12(15(18)19)6-5-10(13)2/h5-6,8-9H,4,7H2,1-3H3,(H,18,19). The monoisotopic (exact) mass is 258 g/mol. The molecule has 0 atom stereocenters. The van der Waals surface area contributed by atoms with Crippen LogP contribution in [0.3, 0.4) is 0 Å². The summed E-state index contributed by atoms with van der Waals surface area (Å²) >= 11 is 0. The topological polar surface area (TPSA) is 55.1 Å². The first-order valence-electron chi connectivity index (χ1n) is 6.41. The number of carbonyl (C=O) groups is 1. The molecule has 0 fully saturated rings. The fourth-order valence-corrected chi connectivity index (χ4v) is 2.17. The van der Waals surface area contributed by atoms with Gasteiger partial charge in [0, 0.05) is 18.3 Å². The Labute approximate surface area is 112 Å². The Kier molecular flexibility index (Phi) is 3.69. The fourth-order valence-electron chi connectivity index (χ4n) is 2.17. The van der Waals surface area contributed by atoms with Gasteiger partial charge >= 0.3 is 5.97 Å². The number of carboxylic acids is 1. The minimum atomic E-state index is -0.903. The third-order valence-electron chi connectivity index (χ3n) is 3.17. The van der Waals surface area contributed by atoms with Crippen LogP contribution in [0.5, 0.6) is 0 Å². The minimum absolute atomic E-state index is 0.309. The molecule has 2 rings (SSSR count). The SMILES string of the molecule is CCCn1cc(-c2cc(C(=O)O)ccc2C)c(C)n1. The lowest BCUT2D eigenvalue weighted by molar-refractivity contribution is 0.0697. The van der Waals surface area contributed by atoms with E-state index in [2.05, 4.69) is 12.0 Å². The van der Waals surface area contributed by atoms with Crippen molar-refractivity contribution in [3.63, 3.8) is 0 Å². The van der Waals surface area contributed by atoms with Gasteiger partial charge in [0.15, 0.2) is 0 Å². The van der Waals surface area contributed by atoms with Gasteiger partial charge in [-0.2, -0.15) is 5.10 Å². The molecule has 0 radical (unpaired) electrons. The molecule has 2 aromatic rings. The molecule has 1 N–H and O–H groups in total. The first-order valence-corrected chi connectivity index (χ1v) is 6.41. The van der Waals surface area contributed by atoms with Crippen LogP contribution in [0.1, 0.15) is 35.0 Å². The van der Waals surface area contributed by atoms with Crippen molar-refractivity contribution in [3.8, 4) is 11.1 Å². The van der Waals surface area contributed by atoms with Gasteiger partial charge < -0.3 is 5.11 Å². The normalized spacial score (nSPS) is 10.7. The molecule has 0 aliphatic carbocycles. The Morgan fingerprint density at radius 3 is 2.68 bits per heavy atom. The van der Waals surface area contributed by atoms with Crippen LogP contribution in [0.2, 0.25) is 0 Å². The Balaban J connectivity index is 2.51. The van der Waals surface area contributed by atoms with E-state index >= 15 is 0 Å². The van der Waals surface area contributed by atoms with Crippen LogP contribution in [-0.2, 0) is 6.54 Å². The Morgan fingerprint density at radius 1 is 1.32 bits per heavy atom. The highest BCUT2D eigenvalue weighted by atomic mass is 16.4. The van der Waals surface area contributed by atoms with Gasteiger partial charge in [-0.1, -0.05) is 13.0 Å². The molecule has 0 amide bonds. The first kappa shape index (κ1) is 13.3. The predicted octanol–water partition coefficient (Wildman–Crippen LogP) is 3.28. The van der Waals surface area contributed by atoms with Crippen LogP contribution in [0.25, 0.3) is 11.1 Å². The van der Waals surface area contributed by atoms with Crippen molar-refractivity contribution in [1.29, 1.82) is 0 Å². The molecule has 19 heavy (non-hydrogen) atoms. The summed E-state index contributed by atoms with van der Waals surface area (Å²) in [5.41, 5.74) is 4.25. The molecule has 4 nitrogen and oxygen atoms in total. The second-order valence-corrected chi connectivity index (χ2v) is 4.73. The van der Waals surface area contributed by atoms with E-state index < -0.39 is 5.97 Å². The van der Waals surface area contributed by atoms with Crippen molar-refractivity contribution in [2.75, 3.05) is 0 Å². The molecule has 1 heterocycles. The summed E-state index contributed by atoms with van der Waals surface area (Å²) < 4.78 is 1.91. The number of hydrogen-bond donors (Lipinski definition) is 1. The number of rotatable bonds is 4. The highest BCUT2D eigenvalue weighted by Gasteiger charge is 2.12. The van der Waals surface area contributed by atoms with Gasteiger partial charge in [-0.15, -0.1) is 0 Å². The molecule has 0 aliphatic heterocycles. The fraction of sp³-hybridized carbons (Fsp3) is 0.333. The van der Waals surface area contributed by atoms with E-state index in [-0.39, 0.29) is 0 Å². The molecule has 0 aliphatic rings. The van der Waals surface area contributed by atoms with Crippen molar-refractivity contribution in [1.82, 2.24) is 9.78 Å². The van der Waals surface area contributed by atoms with Crippen LogP contribution >= 0.6 is 0 Å². The van der Waals surface area contributed by atoms with Gasteiger partial charge in [-0.25, -0.2) is 4.79 Å². The smallest absolute Gasteiger partial charge is 0.335 e. The highest BCUT2D eigenvalue weighted by molar-refractivity contribution is 5.90. The summed E-state index contributed by atoms with van der Waals surface area (Å²) in [6.07, 6.45) is 3.02. The van der Waals surface area contributed by atoms with Gasteiger partial charge in [0.2, 0.25) is 0 Å². The molecule has 1 aromatic carbocycles. The molecule has 1 aromatic heterocycles. The van der Waals surface area contributed by atoms with Crippen molar-refractivity contribution in [3.05, 3.63) is 41.2 Å². The summed E-state index contributed by atoms with van der Waals surface area (Å²) in [6, 6.07) is 5.19. The lowest BCUT2D eigenvalue weighted by Crippen LogP contribution is -1.97. The second kappa shape index (κ2) is 5.26. The second-order valence-electron chi connectivity index (χ2n) is 4.73. The van der Waals surface area contributed by atoms with Crippen LogP contribution in [0.4, 0.5) is 0 Å². The quantitative estimate of drug-likeness (QED) is 0.915. The highest BCUT2D eigenvalue weighted by Crippen LogP contribution is 2.27. The summed E-state index contributed by atoms with van der Waals surface area (Å²) in [6.45, 7) is 6.91. The Bertz CT molecular complexity index is 615. The van der Waals surface area contributed by atoms with Gasteiger partial charge in [0.1, 0.15) is 0 Å². The third-order valence-corrected chi connectivity index (χ3v) is 3.17. The Morgan fingerprint density at radius 2 is 2.05 bits per heavy atom. The molecule has 0 saturated carbocycles.